The Kier molecular flexibility index (Phi) is 3.87. The van der Waals surface area contributed by atoms with E-state index in [1.165, 1.54) is 22.9 Å². The van der Waals surface area contributed by atoms with Gasteiger partial charge in [0.25, 0.3) is 0 Å². The van der Waals surface area contributed by atoms with Gasteiger partial charge in [0.15, 0.2) is 0 Å². The van der Waals surface area contributed by atoms with E-state index in [2.05, 4.69) is 38.3 Å². The molecular weight excluding hydrogens is 258 g/mol. The Balaban J connectivity index is 1.80. The van der Waals surface area contributed by atoms with Crippen LogP contribution in [0.25, 0.3) is 0 Å². The van der Waals surface area contributed by atoms with Crippen molar-refractivity contribution in [2.24, 2.45) is 0 Å². The van der Waals surface area contributed by atoms with Gasteiger partial charge in [-0.2, -0.15) is 8.75 Å². The van der Waals surface area contributed by atoms with Gasteiger partial charge in [-0.3, -0.25) is 0 Å². The van der Waals surface area contributed by atoms with E-state index >= 15 is 0 Å². The van der Waals surface area contributed by atoms with Crippen molar-refractivity contribution in [2.75, 3.05) is 13.7 Å². The topological polar surface area (TPSA) is 47.0 Å². The molecule has 0 amide bonds. The van der Waals surface area contributed by atoms with E-state index in [9.17, 15) is 0 Å². The van der Waals surface area contributed by atoms with E-state index in [-0.39, 0.29) is 12.1 Å². The summed E-state index contributed by atoms with van der Waals surface area (Å²) in [5, 5.41) is 3.31. The Morgan fingerprint density at radius 2 is 2.37 bits per heavy atom. The molecule has 2 heterocycles. The summed E-state index contributed by atoms with van der Waals surface area (Å²) in [6.45, 7) is 0.799. The van der Waals surface area contributed by atoms with Crippen LogP contribution < -0.4 is 5.32 Å². The lowest BCUT2D eigenvalue weighted by molar-refractivity contribution is 0.0296. The maximum absolute atomic E-state index is 5.95. The summed E-state index contributed by atoms with van der Waals surface area (Å²) in [5.41, 5.74) is 3.72. The van der Waals surface area contributed by atoms with E-state index in [1.807, 2.05) is 13.2 Å². The number of hydrogen-bond donors (Lipinski definition) is 1. The number of ether oxygens (including phenoxy) is 1. The average Bonchev–Trinajstić information content (AvgIpc) is 2.99. The smallest absolute Gasteiger partial charge is 0.0913 e. The van der Waals surface area contributed by atoms with Crippen molar-refractivity contribution in [3.63, 3.8) is 0 Å². The fourth-order valence-electron chi connectivity index (χ4n) is 2.60. The van der Waals surface area contributed by atoms with Crippen LogP contribution in [0.5, 0.6) is 0 Å². The SMILES string of the molecule is CNC(CC1OCCc2ccccc21)c1cnsn1. The molecule has 0 radical (unpaired) electrons. The molecule has 2 atom stereocenters. The highest BCUT2D eigenvalue weighted by molar-refractivity contribution is 6.99. The number of rotatable bonds is 4. The van der Waals surface area contributed by atoms with E-state index in [4.69, 9.17) is 4.74 Å². The van der Waals surface area contributed by atoms with Gasteiger partial charge in [0, 0.05) is 0 Å². The zero-order valence-corrected chi connectivity index (χ0v) is 11.7. The van der Waals surface area contributed by atoms with E-state index < -0.39 is 0 Å². The molecular formula is C14H17N3OS. The molecule has 1 N–H and O–H groups in total. The first kappa shape index (κ1) is 12.7. The molecule has 100 valence electrons. The number of hydrogen-bond acceptors (Lipinski definition) is 5. The van der Waals surface area contributed by atoms with Gasteiger partial charge >= 0.3 is 0 Å². The lowest BCUT2D eigenvalue weighted by Crippen LogP contribution is -2.24. The van der Waals surface area contributed by atoms with Crippen LogP contribution in [0.15, 0.2) is 30.5 Å². The Hall–Kier alpha value is -1.30. The second-order valence-corrected chi connectivity index (χ2v) is 5.27. The number of aromatic nitrogens is 2. The zero-order chi connectivity index (χ0) is 13.1. The second-order valence-electron chi connectivity index (χ2n) is 4.72. The maximum atomic E-state index is 5.95. The molecule has 2 aromatic rings. The van der Waals surface area contributed by atoms with Crippen LogP contribution in [0.3, 0.4) is 0 Å². The van der Waals surface area contributed by atoms with Crippen LogP contribution in [0.2, 0.25) is 0 Å². The van der Waals surface area contributed by atoms with Crippen LogP contribution in [0, 0.1) is 0 Å². The van der Waals surface area contributed by atoms with Crippen molar-refractivity contribution in [3.05, 3.63) is 47.3 Å². The predicted octanol–water partition coefficient (Wildman–Crippen LogP) is 2.50. The third-order valence-electron chi connectivity index (χ3n) is 3.63. The van der Waals surface area contributed by atoms with Gasteiger partial charge in [0.1, 0.15) is 0 Å². The number of nitrogens with one attached hydrogen (secondary N) is 1. The molecule has 0 saturated carbocycles. The fraction of sp³-hybridized carbons (Fsp3) is 0.429. The van der Waals surface area contributed by atoms with Crippen molar-refractivity contribution in [1.29, 1.82) is 0 Å². The van der Waals surface area contributed by atoms with Gasteiger partial charge in [-0.25, -0.2) is 0 Å². The molecule has 1 aromatic heterocycles. The lowest BCUT2D eigenvalue weighted by Gasteiger charge is -2.28. The van der Waals surface area contributed by atoms with Crippen molar-refractivity contribution < 1.29 is 4.74 Å². The molecule has 0 saturated heterocycles. The number of fused-ring (bicyclic) bond motifs is 1. The van der Waals surface area contributed by atoms with Gasteiger partial charge in [0.05, 0.1) is 42.4 Å². The normalized spacial score (nSPS) is 19.9. The Morgan fingerprint density at radius 3 is 3.16 bits per heavy atom. The molecule has 0 bridgehead atoms. The highest BCUT2D eigenvalue weighted by Crippen LogP contribution is 2.33. The second kappa shape index (κ2) is 5.77. The summed E-state index contributed by atoms with van der Waals surface area (Å²) >= 11 is 1.25. The highest BCUT2D eigenvalue weighted by atomic mass is 32.1. The summed E-state index contributed by atoms with van der Waals surface area (Å²) < 4.78 is 14.3. The van der Waals surface area contributed by atoms with Gasteiger partial charge in [-0.1, -0.05) is 24.3 Å². The monoisotopic (exact) mass is 275 g/mol. The van der Waals surface area contributed by atoms with Gasteiger partial charge in [-0.15, -0.1) is 0 Å². The quantitative estimate of drug-likeness (QED) is 0.931. The lowest BCUT2D eigenvalue weighted by atomic mass is 9.93. The summed E-state index contributed by atoms with van der Waals surface area (Å²) in [6.07, 6.45) is 3.87. The molecule has 2 unspecified atom stereocenters. The molecule has 1 aliphatic heterocycles. The first-order valence-electron chi connectivity index (χ1n) is 6.52. The summed E-state index contributed by atoms with van der Waals surface area (Å²) in [5.74, 6) is 0. The highest BCUT2D eigenvalue weighted by Gasteiger charge is 2.25. The number of nitrogens with zero attached hydrogens (tertiary/aromatic N) is 2. The molecule has 1 aromatic carbocycles. The van der Waals surface area contributed by atoms with Crippen LogP contribution in [0.4, 0.5) is 0 Å². The van der Waals surface area contributed by atoms with Crippen LogP contribution >= 0.6 is 11.7 Å². The van der Waals surface area contributed by atoms with Gasteiger partial charge < -0.3 is 10.1 Å². The summed E-state index contributed by atoms with van der Waals surface area (Å²) in [6, 6.07) is 8.74. The van der Waals surface area contributed by atoms with E-state index in [1.54, 1.807) is 0 Å². The minimum atomic E-state index is 0.143. The molecule has 3 rings (SSSR count). The van der Waals surface area contributed by atoms with Crippen LogP contribution in [-0.4, -0.2) is 22.4 Å². The Labute approximate surface area is 117 Å². The first-order chi connectivity index (χ1) is 9.38. The van der Waals surface area contributed by atoms with Crippen molar-refractivity contribution in [1.82, 2.24) is 14.1 Å². The fourth-order valence-corrected chi connectivity index (χ4v) is 3.07. The maximum Gasteiger partial charge on any atom is 0.0913 e. The minimum absolute atomic E-state index is 0.143. The predicted molar refractivity (Wildman–Crippen MR) is 75.2 cm³/mol. The summed E-state index contributed by atoms with van der Waals surface area (Å²) in [4.78, 5) is 0. The van der Waals surface area contributed by atoms with E-state index in [0.29, 0.717) is 0 Å². The number of benzene rings is 1. The molecule has 0 fully saturated rings. The van der Waals surface area contributed by atoms with Crippen molar-refractivity contribution >= 4 is 11.7 Å². The molecule has 5 heteroatoms. The average molecular weight is 275 g/mol. The molecule has 19 heavy (non-hydrogen) atoms. The Bertz CT molecular complexity index is 529. The molecule has 0 spiro atoms. The standard InChI is InChI=1S/C14H17N3OS/c1-15-12(13-9-16-19-17-13)8-14-11-5-3-2-4-10(11)6-7-18-14/h2-5,9,12,14-15H,6-8H2,1H3. The summed E-state index contributed by atoms with van der Waals surface area (Å²) in [7, 11) is 1.96. The molecule has 1 aliphatic rings. The van der Waals surface area contributed by atoms with Gasteiger partial charge in [-0.05, 0) is 31.0 Å². The third kappa shape index (κ3) is 2.68. The van der Waals surface area contributed by atoms with Crippen LogP contribution in [-0.2, 0) is 11.2 Å². The largest absolute Gasteiger partial charge is 0.373 e. The molecule has 4 nitrogen and oxygen atoms in total. The van der Waals surface area contributed by atoms with Crippen LogP contribution in [0.1, 0.15) is 35.4 Å². The third-order valence-corrected chi connectivity index (χ3v) is 4.12. The van der Waals surface area contributed by atoms with Crippen molar-refractivity contribution in [2.45, 2.75) is 25.0 Å². The van der Waals surface area contributed by atoms with Crippen molar-refractivity contribution in [3.8, 4) is 0 Å². The zero-order valence-electron chi connectivity index (χ0n) is 10.9. The Morgan fingerprint density at radius 1 is 1.47 bits per heavy atom. The first-order valence-corrected chi connectivity index (χ1v) is 7.25. The van der Waals surface area contributed by atoms with E-state index in [0.717, 1.165) is 25.1 Å². The minimum Gasteiger partial charge on any atom is -0.373 e. The van der Waals surface area contributed by atoms with Gasteiger partial charge in [0.2, 0.25) is 0 Å². The molecule has 0 aliphatic carbocycles.